The van der Waals surface area contributed by atoms with Crippen LogP contribution < -0.4 is 4.90 Å². The lowest BCUT2D eigenvalue weighted by atomic mass is 10.1. The molecule has 0 saturated carbocycles. The fourth-order valence-corrected chi connectivity index (χ4v) is 4.12. The van der Waals surface area contributed by atoms with Crippen molar-refractivity contribution in [1.29, 1.82) is 5.26 Å². The molecule has 1 fully saturated rings. The number of para-hydroxylation sites is 1. The van der Waals surface area contributed by atoms with Gasteiger partial charge in [-0.2, -0.15) is 5.26 Å². The Hall–Kier alpha value is -2.52. The van der Waals surface area contributed by atoms with Crippen molar-refractivity contribution in [3.05, 3.63) is 53.2 Å². The van der Waals surface area contributed by atoms with E-state index >= 15 is 0 Å². The van der Waals surface area contributed by atoms with E-state index in [0.29, 0.717) is 16.3 Å². The van der Waals surface area contributed by atoms with Crippen LogP contribution in [0.2, 0.25) is 0 Å². The highest BCUT2D eigenvalue weighted by Crippen LogP contribution is 2.24. The summed E-state index contributed by atoms with van der Waals surface area (Å²) in [5.74, 6) is 0.420. The fraction of sp³-hybridized carbons (Fsp3) is 0.350. The zero-order valence-electron chi connectivity index (χ0n) is 15.1. The van der Waals surface area contributed by atoms with Crippen LogP contribution in [0.4, 0.5) is 5.69 Å². The highest BCUT2D eigenvalue weighted by molar-refractivity contribution is 8.00. The van der Waals surface area contributed by atoms with E-state index in [-0.39, 0.29) is 5.91 Å². The van der Waals surface area contributed by atoms with Crippen LogP contribution in [0.3, 0.4) is 0 Å². The number of thioether (sulfide) groups is 1. The molecule has 0 unspecified atom stereocenters. The van der Waals surface area contributed by atoms with Crippen molar-refractivity contribution in [2.45, 2.75) is 18.9 Å². The first-order valence-electron chi connectivity index (χ1n) is 8.67. The van der Waals surface area contributed by atoms with Gasteiger partial charge in [0.05, 0.1) is 11.3 Å². The molecule has 1 saturated heterocycles. The molecule has 134 valence electrons. The van der Waals surface area contributed by atoms with Crippen molar-refractivity contribution in [2.75, 3.05) is 36.8 Å². The van der Waals surface area contributed by atoms with Crippen molar-refractivity contribution >= 4 is 23.4 Å². The summed E-state index contributed by atoms with van der Waals surface area (Å²) in [6.07, 6.45) is 0. The van der Waals surface area contributed by atoms with Gasteiger partial charge in [0.1, 0.15) is 11.1 Å². The minimum atomic E-state index is 0.104. The number of amides is 1. The summed E-state index contributed by atoms with van der Waals surface area (Å²) in [4.78, 5) is 21.2. The first-order valence-corrected chi connectivity index (χ1v) is 9.66. The van der Waals surface area contributed by atoms with Crippen LogP contribution in [0, 0.1) is 25.2 Å². The van der Waals surface area contributed by atoms with Gasteiger partial charge in [-0.1, -0.05) is 30.0 Å². The van der Waals surface area contributed by atoms with E-state index < -0.39 is 0 Å². The minimum absolute atomic E-state index is 0.104. The van der Waals surface area contributed by atoms with E-state index in [1.165, 1.54) is 17.4 Å². The summed E-state index contributed by atoms with van der Waals surface area (Å²) in [7, 11) is 0. The number of hydrogen-bond acceptors (Lipinski definition) is 5. The standard InChI is InChI=1S/C20H22N4OS/c1-15-12-16(2)22-20(18(15)13-21)26-14-19(25)24-10-8-23(9-11-24)17-6-4-3-5-7-17/h3-7,12H,8-11,14H2,1-2H3. The Morgan fingerprint density at radius 3 is 2.54 bits per heavy atom. The molecule has 0 spiro atoms. The van der Waals surface area contributed by atoms with Crippen molar-refractivity contribution in [3.8, 4) is 6.07 Å². The number of piperazine rings is 1. The first-order chi connectivity index (χ1) is 12.6. The Bertz CT molecular complexity index is 824. The molecule has 6 heteroatoms. The molecule has 5 nitrogen and oxygen atoms in total. The molecule has 0 radical (unpaired) electrons. The second-order valence-electron chi connectivity index (χ2n) is 6.36. The largest absolute Gasteiger partial charge is 0.368 e. The molecule has 1 amide bonds. The van der Waals surface area contributed by atoms with Gasteiger partial charge in [0.2, 0.25) is 5.91 Å². The van der Waals surface area contributed by atoms with Crippen LogP contribution in [-0.4, -0.2) is 47.7 Å². The number of carbonyl (C=O) groups excluding carboxylic acids is 1. The molecule has 1 aromatic carbocycles. The third-order valence-corrected chi connectivity index (χ3v) is 5.47. The Kier molecular flexibility index (Phi) is 5.79. The number of nitrogens with zero attached hydrogens (tertiary/aromatic N) is 4. The summed E-state index contributed by atoms with van der Waals surface area (Å²) in [5, 5.41) is 9.99. The number of benzene rings is 1. The molecule has 1 aromatic heterocycles. The Labute approximate surface area is 158 Å². The summed E-state index contributed by atoms with van der Waals surface area (Å²) in [6, 6.07) is 14.4. The number of anilines is 1. The maximum Gasteiger partial charge on any atom is 0.233 e. The number of nitriles is 1. The summed E-state index contributed by atoms with van der Waals surface area (Å²) >= 11 is 1.36. The Morgan fingerprint density at radius 2 is 1.88 bits per heavy atom. The topological polar surface area (TPSA) is 60.2 Å². The van der Waals surface area contributed by atoms with E-state index in [1.54, 1.807) is 0 Å². The molecule has 0 bridgehead atoms. The summed E-state index contributed by atoms with van der Waals surface area (Å²) in [6.45, 7) is 6.93. The van der Waals surface area contributed by atoms with E-state index in [2.05, 4.69) is 28.1 Å². The van der Waals surface area contributed by atoms with Crippen LogP contribution in [0.25, 0.3) is 0 Å². The van der Waals surface area contributed by atoms with Gasteiger partial charge in [0, 0.05) is 37.6 Å². The quantitative estimate of drug-likeness (QED) is 0.779. The van der Waals surface area contributed by atoms with Gasteiger partial charge in [0.25, 0.3) is 0 Å². The molecule has 1 aliphatic heterocycles. The van der Waals surface area contributed by atoms with Crippen molar-refractivity contribution < 1.29 is 4.79 Å². The normalized spacial score (nSPS) is 14.2. The van der Waals surface area contributed by atoms with Crippen molar-refractivity contribution in [2.24, 2.45) is 0 Å². The molecule has 2 aromatic rings. The van der Waals surface area contributed by atoms with Gasteiger partial charge in [-0.05, 0) is 37.6 Å². The molecular formula is C20H22N4OS. The third-order valence-electron chi connectivity index (χ3n) is 4.51. The fourth-order valence-electron chi connectivity index (χ4n) is 3.12. The van der Waals surface area contributed by atoms with Gasteiger partial charge in [0.15, 0.2) is 0 Å². The number of pyridine rings is 1. The van der Waals surface area contributed by atoms with Crippen LogP contribution >= 0.6 is 11.8 Å². The van der Waals surface area contributed by atoms with Gasteiger partial charge in [-0.25, -0.2) is 4.98 Å². The minimum Gasteiger partial charge on any atom is -0.368 e. The number of aryl methyl sites for hydroxylation is 2. The van der Waals surface area contributed by atoms with E-state index in [1.807, 2.05) is 43.0 Å². The lowest BCUT2D eigenvalue weighted by Crippen LogP contribution is -2.49. The highest BCUT2D eigenvalue weighted by atomic mass is 32.2. The number of hydrogen-bond donors (Lipinski definition) is 0. The number of aromatic nitrogens is 1. The van der Waals surface area contributed by atoms with Crippen molar-refractivity contribution in [1.82, 2.24) is 9.88 Å². The second kappa shape index (κ2) is 8.24. The maximum atomic E-state index is 12.6. The molecule has 2 heterocycles. The van der Waals surface area contributed by atoms with E-state index in [9.17, 15) is 10.1 Å². The van der Waals surface area contributed by atoms with Crippen LogP contribution in [0.15, 0.2) is 41.4 Å². The first kappa shape index (κ1) is 18.3. The molecule has 0 N–H and O–H groups in total. The molecule has 3 rings (SSSR count). The summed E-state index contributed by atoms with van der Waals surface area (Å²) in [5.41, 5.74) is 3.55. The van der Waals surface area contributed by atoms with Crippen molar-refractivity contribution in [3.63, 3.8) is 0 Å². The predicted octanol–water partition coefficient (Wildman–Crippen LogP) is 3.01. The van der Waals surface area contributed by atoms with E-state index in [4.69, 9.17) is 0 Å². The van der Waals surface area contributed by atoms with Gasteiger partial charge in [-0.3, -0.25) is 4.79 Å². The summed E-state index contributed by atoms with van der Waals surface area (Å²) < 4.78 is 0. The van der Waals surface area contributed by atoms with Gasteiger partial charge in [-0.15, -0.1) is 0 Å². The predicted molar refractivity (Wildman–Crippen MR) is 104 cm³/mol. The molecule has 1 aliphatic rings. The highest BCUT2D eigenvalue weighted by Gasteiger charge is 2.22. The lowest BCUT2D eigenvalue weighted by Gasteiger charge is -2.36. The molecule has 26 heavy (non-hydrogen) atoms. The zero-order valence-corrected chi connectivity index (χ0v) is 15.9. The molecule has 0 atom stereocenters. The molecular weight excluding hydrogens is 344 g/mol. The van der Waals surface area contributed by atoms with Gasteiger partial charge >= 0.3 is 0 Å². The number of rotatable bonds is 4. The van der Waals surface area contributed by atoms with Crippen LogP contribution in [0.5, 0.6) is 0 Å². The second-order valence-corrected chi connectivity index (χ2v) is 7.33. The smallest absolute Gasteiger partial charge is 0.233 e. The number of carbonyl (C=O) groups is 1. The molecule has 0 aliphatic carbocycles. The third kappa shape index (κ3) is 4.17. The average molecular weight is 366 g/mol. The van der Waals surface area contributed by atoms with Crippen LogP contribution in [0.1, 0.15) is 16.8 Å². The van der Waals surface area contributed by atoms with Crippen LogP contribution in [-0.2, 0) is 4.79 Å². The average Bonchev–Trinajstić information content (AvgIpc) is 2.66. The maximum absolute atomic E-state index is 12.6. The van der Waals surface area contributed by atoms with E-state index in [0.717, 1.165) is 37.4 Å². The lowest BCUT2D eigenvalue weighted by molar-refractivity contribution is -0.128. The SMILES string of the molecule is Cc1cc(C)c(C#N)c(SCC(=O)N2CCN(c3ccccc3)CC2)n1. The Morgan fingerprint density at radius 1 is 1.19 bits per heavy atom. The van der Waals surface area contributed by atoms with Gasteiger partial charge < -0.3 is 9.80 Å². The monoisotopic (exact) mass is 366 g/mol. The Balaban J connectivity index is 1.56. The zero-order chi connectivity index (χ0) is 18.5.